The summed E-state index contributed by atoms with van der Waals surface area (Å²) in [7, 11) is 0. The van der Waals surface area contributed by atoms with Crippen molar-refractivity contribution in [2.75, 3.05) is 0 Å². The Hall–Kier alpha value is -1.47. The maximum absolute atomic E-state index is 13.1. The highest BCUT2D eigenvalue weighted by atomic mass is 79.9. The van der Waals surface area contributed by atoms with Gasteiger partial charge in [0.25, 0.3) is 0 Å². The van der Waals surface area contributed by atoms with Crippen LogP contribution in [0.4, 0.5) is 13.2 Å². The smallest absolute Gasteiger partial charge is 0.424 e. The molecule has 2 N–H and O–H groups in total. The van der Waals surface area contributed by atoms with Crippen molar-refractivity contribution in [1.29, 1.82) is 0 Å². The number of aliphatic hydroxyl groups excluding tert-OH is 1. The minimum Gasteiger partial charge on any atom is -0.507 e. The monoisotopic (exact) mass is 350 g/mol. The van der Waals surface area contributed by atoms with Gasteiger partial charge in [0.05, 0.1) is 4.48 Å². The van der Waals surface area contributed by atoms with E-state index < -0.39 is 23.6 Å². The van der Waals surface area contributed by atoms with Gasteiger partial charge >= 0.3 is 6.18 Å². The van der Waals surface area contributed by atoms with Gasteiger partial charge in [0.2, 0.25) is 5.60 Å². The zero-order valence-corrected chi connectivity index (χ0v) is 11.5. The molecule has 20 heavy (non-hydrogen) atoms. The van der Waals surface area contributed by atoms with Crippen molar-refractivity contribution >= 4 is 15.9 Å². The van der Waals surface area contributed by atoms with E-state index in [9.17, 15) is 23.4 Å². The van der Waals surface area contributed by atoms with Crippen molar-refractivity contribution in [2.45, 2.75) is 17.9 Å². The van der Waals surface area contributed by atoms with Crippen LogP contribution in [0.3, 0.4) is 0 Å². The van der Waals surface area contributed by atoms with Crippen LogP contribution in [0, 0.1) is 0 Å². The molecule has 1 aromatic carbocycles. The van der Waals surface area contributed by atoms with Gasteiger partial charge in [-0.3, -0.25) is 0 Å². The lowest BCUT2D eigenvalue weighted by molar-refractivity contribution is -0.259. The number of para-hydroxylation sites is 1. The Morgan fingerprint density at radius 3 is 2.35 bits per heavy atom. The molecular formula is C13H10BrF3O3. The van der Waals surface area contributed by atoms with Crippen LogP contribution in [0.1, 0.15) is 0 Å². The van der Waals surface area contributed by atoms with Gasteiger partial charge in [0.15, 0.2) is 6.10 Å². The van der Waals surface area contributed by atoms with E-state index in [0.29, 0.717) is 6.08 Å². The third kappa shape index (κ3) is 2.69. The summed E-state index contributed by atoms with van der Waals surface area (Å²) in [4.78, 5) is 0. The quantitative estimate of drug-likeness (QED) is 0.858. The van der Waals surface area contributed by atoms with Crippen molar-refractivity contribution in [3.05, 3.63) is 52.7 Å². The second kappa shape index (κ2) is 5.14. The highest BCUT2D eigenvalue weighted by molar-refractivity contribution is 9.11. The summed E-state index contributed by atoms with van der Waals surface area (Å²) in [6.07, 6.45) is -5.45. The summed E-state index contributed by atoms with van der Waals surface area (Å²) in [6, 6.07) is 7.75. The van der Waals surface area contributed by atoms with Gasteiger partial charge in [0.1, 0.15) is 11.5 Å². The van der Waals surface area contributed by atoms with Gasteiger partial charge in [0, 0.05) is 6.08 Å². The molecule has 1 aliphatic rings. The van der Waals surface area contributed by atoms with Gasteiger partial charge in [-0.05, 0) is 34.1 Å². The van der Waals surface area contributed by atoms with E-state index in [4.69, 9.17) is 4.74 Å². The highest BCUT2D eigenvalue weighted by Gasteiger charge is 2.59. The first-order chi connectivity index (χ1) is 9.24. The number of allylic oxidation sites excluding steroid dienone is 1. The second-order valence-electron chi connectivity index (χ2n) is 4.22. The average molecular weight is 351 g/mol. The minimum absolute atomic E-state index is 0.149. The lowest BCUT2D eigenvalue weighted by Gasteiger charge is -2.36. The number of ether oxygens (including phenoxy) is 1. The van der Waals surface area contributed by atoms with Gasteiger partial charge in [-0.25, -0.2) is 0 Å². The number of hydrogen-bond acceptors (Lipinski definition) is 3. The molecule has 1 aromatic rings. The molecule has 0 radical (unpaired) electrons. The van der Waals surface area contributed by atoms with Crippen LogP contribution in [0.15, 0.2) is 52.7 Å². The molecule has 0 aliphatic heterocycles. The van der Waals surface area contributed by atoms with Crippen LogP contribution in [0.5, 0.6) is 5.75 Å². The second-order valence-corrected chi connectivity index (χ2v) is 5.07. The molecule has 3 nitrogen and oxygen atoms in total. The van der Waals surface area contributed by atoms with Crippen molar-refractivity contribution in [3.8, 4) is 5.75 Å². The Balaban J connectivity index is 2.38. The number of hydrogen-bond donors (Lipinski definition) is 2. The van der Waals surface area contributed by atoms with Gasteiger partial charge < -0.3 is 14.9 Å². The first-order valence-corrected chi connectivity index (χ1v) is 6.33. The van der Waals surface area contributed by atoms with E-state index in [1.165, 1.54) is 12.1 Å². The third-order valence-corrected chi connectivity index (χ3v) is 3.43. The Morgan fingerprint density at radius 1 is 1.20 bits per heavy atom. The van der Waals surface area contributed by atoms with E-state index >= 15 is 0 Å². The molecule has 2 rings (SSSR count). The summed E-state index contributed by atoms with van der Waals surface area (Å²) < 4.78 is 44.1. The maximum atomic E-state index is 13.1. The van der Waals surface area contributed by atoms with Crippen LogP contribution >= 0.6 is 15.9 Å². The molecular weight excluding hydrogens is 341 g/mol. The predicted molar refractivity (Wildman–Crippen MR) is 69.6 cm³/mol. The minimum atomic E-state index is -4.96. The molecule has 0 amide bonds. The Labute approximate surface area is 121 Å². The molecule has 108 valence electrons. The molecule has 2 unspecified atom stereocenters. The van der Waals surface area contributed by atoms with E-state index in [-0.39, 0.29) is 10.2 Å². The molecule has 2 atom stereocenters. The normalized spacial score (nSPS) is 26.8. The van der Waals surface area contributed by atoms with Crippen LogP contribution in [-0.4, -0.2) is 28.1 Å². The number of benzene rings is 1. The van der Waals surface area contributed by atoms with Crippen LogP contribution in [-0.2, 0) is 0 Å². The summed E-state index contributed by atoms with van der Waals surface area (Å²) in [5.74, 6) is -0.282. The highest BCUT2D eigenvalue weighted by Crippen LogP contribution is 2.41. The number of halogens is 4. The topological polar surface area (TPSA) is 49.7 Å². The van der Waals surface area contributed by atoms with E-state index in [2.05, 4.69) is 15.9 Å². The first kappa shape index (κ1) is 14.9. The summed E-state index contributed by atoms with van der Waals surface area (Å²) in [5.41, 5.74) is -3.23. The fourth-order valence-corrected chi connectivity index (χ4v) is 2.19. The largest absolute Gasteiger partial charge is 0.507 e. The summed E-state index contributed by atoms with van der Waals surface area (Å²) >= 11 is 2.76. The molecule has 0 spiro atoms. The maximum Gasteiger partial charge on any atom is 0.424 e. The summed E-state index contributed by atoms with van der Waals surface area (Å²) in [6.45, 7) is 0. The SMILES string of the molecule is OC1=CC(Oc2ccccc2)C(O)(C(F)(F)F)C=C1Br. The average Bonchev–Trinajstić information content (AvgIpc) is 2.36. The zero-order valence-electron chi connectivity index (χ0n) is 9.93. The lowest BCUT2D eigenvalue weighted by atomic mass is 9.90. The Morgan fingerprint density at radius 2 is 1.80 bits per heavy atom. The molecule has 0 saturated heterocycles. The molecule has 0 fully saturated rings. The number of alkyl halides is 3. The van der Waals surface area contributed by atoms with Crippen LogP contribution < -0.4 is 4.74 Å². The van der Waals surface area contributed by atoms with Crippen LogP contribution in [0.2, 0.25) is 0 Å². The van der Waals surface area contributed by atoms with E-state index in [1.54, 1.807) is 18.2 Å². The van der Waals surface area contributed by atoms with Crippen LogP contribution in [0.25, 0.3) is 0 Å². The number of aliphatic hydroxyl groups is 2. The fraction of sp³-hybridized carbons (Fsp3) is 0.231. The first-order valence-electron chi connectivity index (χ1n) is 5.54. The molecule has 1 aliphatic carbocycles. The number of rotatable bonds is 2. The van der Waals surface area contributed by atoms with Gasteiger partial charge in [-0.15, -0.1) is 0 Å². The van der Waals surface area contributed by atoms with Crippen molar-refractivity contribution in [3.63, 3.8) is 0 Å². The summed E-state index contributed by atoms with van der Waals surface area (Å²) in [5, 5.41) is 19.4. The fourth-order valence-electron chi connectivity index (χ4n) is 1.71. The molecule has 0 heterocycles. The molecule has 0 saturated carbocycles. The van der Waals surface area contributed by atoms with Crippen molar-refractivity contribution in [1.82, 2.24) is 0 Å². The van der Waals surface area contributed by atoms with Crippen molar-refractivity contribution in [2.24, 2.45) is 0 Å². The Kier molecular flexibility index (Phi) is 3.84. The predicted octanol–water partition coefficient (Wildman–Crippen LogP) is 3.46. The molecule has 0 aromatic heterocycles. The van der Waals surface area contributed by atoms with Gasteiger partial charge in [-0.2, -0.15) is 13.2 Å². The van der Waals surface area contributed by atoms with Crippen molar-refractivity contribution < 1.29 is 28.1 Å². The van der Waals surface area contributed by atoms with E-state index in [0.717, 1.165) is 6.08 Å². The molecule has 7 heteroatoms. The Bertz CT molecular complexity index is 554. The third-order valence-electron chi connectivity index (χ3n) is 2.79. The van der Waals surface area contributed by atoms with E-state index in [1.807, 2.05) is 0 Å². The zero-order chi connectivity index (χ0) is 15.0. The lowest BCUT2D eigenvalue weighted by Crippen LogP contribution is -2.56. The van der Waals surface area contributed by atoms with Gasteiger partial charge in [-0.1, -0.05) is 18.2 Å². The molecule has 0 bridgehead atoms. The standard InChI is InChI=1S/C13H10BrF3O3/c14-9-7-12(19,13(15,16)17)11(6-10(9)18)20-8-4-2-1-3-5-8/h1-7,11,18-19H.